The first kappa shape index (κ1) is 11.4. The summed E-state index contributed by atoms with van der Waals surface area (Å²) in [6.07, 6.45) is 1.51. The zero-order chi connectivity index (χ0) is 13.4. The quantitative estimate of drug-likeness (QED) is 0.602. The molecule has 0 spiro atoms. The number of ether oxygens (including phenoxy) is 3. The number of nitrogens with one attached hydrogen (secondary N) is 2. The Kier molecular flexibility index (Phi) is 2.52. The van der Waals surface area contributed by atoms with Gasteiger partial charge in [0.05, 0.1) is 7.11 Å². The molecule has 0 aromatic heterocycles. The summed E-state index contributed by atoms with van der Waals surface area (Å²) >= 11 is 0. The molecule has 7 nitrogen and oxygen atoms in total. The summed E-state index contributed by atoms with van der Waals surface area (Å²) in [6, 6.07) is 2.81. The smallest absolute Gasteiger partial charge is 0.326 e. The van der Waals surface area contributed by atoms with Gasteiger partial charge in [-0.1, -0.05) is 0 Å². The molecule has 1 aromatic carbocycles. The third kappa shape index (κ3) is 1.95. The first-order chi connectivity index (χ1) is 9.17. The number of methoxy groups -OCH3 is 1. The van der Waals surface area contributed by atoms with Crippen LogP contribution in [0.3, 0.4) is 0 Å². The van der Waals surface area contributed by atoms with Gasteiger partial charge in [-0.3, -0.25) is 10.1 Å². The average Bonchev–Trinajstić information content (AvgIpc) is 2.95. The first-order valence-corrected chi connectivity index (χ1v) is 5.49. The molecule has 0 atom stereocenters. The Morgan fingerprint density at radius 1 is 1.21 bits per heavy atom. The number of rotatable bonds is 2. The first-order valence-electron chi connectivity index (χ1n) is 5.49. The van der Waals surface area contributed by atoms with Crippen LogP contribution in [-0.4, -0.2) is 25.8 Å². The van der Waals surface area contributed by atoms with Gasteiger partial charge in [-0.2, -0.15) is 0 Å². The minimum absolute atomic E-state index is 0.149. The van der Waals surface area contributed by atoms with Gasteiger partial charge in [0.1, 0.15) is 11.4 Å². The number of amides is 3. The van der Waals surface area contributed by atoms with Gasteiger partial charge < -0.3 is 19.5 Å². The molecule has 2 heterocycles. The number of carbonyl (C=O) groups excluding carboxylic acids is 2. The maximum absolute atomic E-state index is 11.5. The van der Waals surface area contributed by atoms with Crippen LogP contribution in [0.2, 0.25) is 0 Å². The number of carbonyl (C=O) groups is 2. The molecular formula is C12H10N2O5. The fourth-order valence-corrected chi connectivity index (χ4v) is 1.87. The van der Waals surface area contributed by atoms with Crippen molar-refractivity contribution in [3.8, 4) is 17.2 Å². The van der Waals surface area contributed by atoms with Crippen molar-refractivity contribution < 1.29 is 23.8 Å². The van der Waals surface area contributed by atoms with E-state index in [1.165, 1.54) is 13.2 Å². The third-order valence-electron chi connectivity index (χ3n) is 2.74. The number of hydrogen-bond acceptors (Lipinski definition) is 5. The zero-order valence-corrected chi connectivity index (χ0v) is 9.98. The van der Waals surface area contributed by atoms with Crippen molar-refractivity contribution >= 4 is 18.0 Å². The van der Waals surface area contributed by atoms with E-state index in [1.807, 2.05) is 0 Å². The SMILES string of the molecule is COc1cc2c(cc1C=C1NC(=O)NC1=O)OCO2. The molecule has 1 fully saturated rings. The van der Waals surface area contributed by atoms with E-state index in [9.17, 15) is 9.59 Å². The maximum atomic E-state index is 11.5. The van der Waals surface area contributed by atoms with E-state index in [4.69, 9.17) is 14.2 Å². The van der Waals surface area contributed by atoms with Gasteiger partial charge in [-0.25, -0.2) is 4.79 Å². The molecule has 1 aromatic rings. The molecular weight excluding hydrogens is 252 g/mol. The molecule has 0 aliphatic carbocycles. The van der Waals surface area contributed by atoms with Gasteiger partial charge in [-0.05, 0) is 12.1 Å². The van der Waals surface area contributed by atoms with Gasteiger partial charge in [0.2, 0.25) is 6.79 Å². The number of hydrogen-bond donors (Lipinski definition) is 2. The summed E-state index contributed by atoms with van der Waals surface area (Å²) in [5.41, 5.74) is 0.765. The number of fused-ring (bicyclic) bond motifs is 1. The lowest BCUT2D eigenvalue weighted by atomic mass is 10.1. The van der Waals surface area contributed by atoms with Crippen LogP contribution >= 0.6 is 0 Å². The molecule has 0 unspecified atom stereocenters. The topological polar surface area (TPSA) is 85.9 Å². The molecule has 2 N–H and O–H groups in total. The van der Waals surface area contributed by atoms with Crippen molar-refractivity contribution in [2.75, 3.05) is 13.9 Å². The molecule has 0 radical (unpaired) electrons. The summed E-state index contributed by atoms with van der Waals surface area (Å²) in [6.45, 7) is 0.149. The van der Waals surface area contributed by atoms with Crippen LogP contribution in [0, 0.1) is 0 Å². The largest absolute Gasteiger partial charge is 0.496 e. The standard InChI is InChI=1S/C12H10N2O5/c1-17-8-4-10-9(18-5-19-10)3-6(8)2-7-11(15)14-12(16)13-7/h2-4H,5H2,1H3,(H2,13,14,15,16). The molecule has 2 aliphatic rings. The van der Waals surface area contributed by atoms with Gasteiger partial charge in [0.25, 0.3) is 5.91 Å². The van der Waals surface area contributed by atoms with Crippen molar-refractivity contribution in [1.82, 2.24) is 10.6 Å². The highest BCUT2D eigenvalue weighted by atomic mass is 16.7. The van der Waals surface area contributed by atoms with Crippen LogP contribution in [0.4, 0.5) is 4.79 Å². The summed E-state index contributed by atoms with van der Waals surface area (Å²) in [5, 5.41) is 4.53. The summed E-state index contributed by atoms with van der Waals surface area (Å²) in [7, 11) is 1.51. The zero-order valence-electron chi connectivity index (χ0n) is 9.98. The number of benzene rings is 1. The van der Waals surface area contributed by atoms with Gasteiger partial charge >= 0.3 is 6.03 Å². The highest BCUT2D eigenvalue weighted by Crippen LogP contribution is 2.38. The molecule has 7 heteroatoms. The van der Waals surface area contributed by atoms with Crippen LogP contribution < -0.4 is 24.8 Å². The third-order valence-corrected chi connectivity index (χ3v) is 2.74. The molecule has 98 valence electrons. The highest BCUT2D eigenvalue weighted by Gasteiger charge is 2.24. The van der Waals surface area contributed by atoms with E-state index in [0.29, 0.717) is 22.8 Å². The molecule has 3 rings (SSSR count). The molecule has 3 amide bonds. The maximum Gasteiger partial charge on any atom is 0.326 e. The molecule has 0 bridgehead atoms. The van der Waals surface area contributed by atoms with E-state index < -0.39 is 11.9 Å². The Morgan fingerprint density at radius 3 is 2.58 bits per heavy atom. The van der Waals surface area contributed by atoms with Crippen molar-refractivity contribution in [2.45, 2.75) is 0 Å². The summed E-state index contributed by atoms with van der Waals surface area (Å²) in [4.78, 5) is 22.5. The second-order valence-electron chi connectivity index (χ2n) is 3.91. The van der Waals surface area contributed by atoms with Crippen molar-refractivity contribution in [1.29, 1.82) is 0 Å². The Bertz CT molecular complexity index is 608. The molecule has 19 heavy (non-hydrogen) atoms. The van der Waals surface area contributed by atoms with E-state index in [1.54, 1.807) is 12.1 Å². The normalized spacial score (nSPS) is 18.5. The Labute approximate surface area is 108 Å². The van der Waals surface area contributed by atoms with E-state index in [-0.39, 0.29) is 12.5 Å². The number of urea groups is 1. The van der Waals surface area contributed by atoms with Crippen LogP contribution in [-0.2, 0) is 4.79 Å². The highest BCUT2D eigenvalue weighted by molar-refractivity contribution is 6.14. The lowest BCUT2D eigenvalue weighted by Crippen LogP contribution is -2.22. The Hall–Kier alpha value is -2.70. The lowest BCUT2D eigenvalue weighted by molar-refractivity contribution is -0.115. The van der Waals surface area contributed by atoms with Crippen LogP contribution in [0.25, 0.3) is 6.08 Å². The van der Waals surface area contributed by atoms with Crippen LogP contribution in [0.5, 0.6) is 17.2 Å². The second-order valence-corrected chi connectivity index (χ2v) is 3.91. The second kappa shape index (κ2) is 4.20. The number of imide groups is 1. The average molecular weight is 262 g/mol. The van der Waals surface area contributed by atoms with Gasteiger partial charge in [-0.15, -0.1) is 0 Å². The minimum Gasteiger partial charge on any atom is -0.496 e. The van der Waals surface area contributed by atoms with E-state index >= 15 is 0 Å². The van der Waals surface area contributed by atoms with Crippen LogP contribution in [0.15, 0.2) is 17.8 Å². The summed E-state index contributed by atoms with van der Waals surface area (Å²) < 4.78 is 15.7. The Morgan fingerprint density at radius 2 is 1.95 bits per heavy atom. The van der Waals surface area contributed by atoms with Gasteiger partial charge in [0, 0.05) is 11.6 Å². The van der Waals surface area contributed by atoms with Crippen LogP contribution in [0.1, 0.15) is 5.56 Å². The predicted octanol–water partition coefficient (Wildman–Crippen LogP) is 0.604. The molecule has 2 aliphatic heterocycles. The fourth-order valence-electron chi connectivity index (χ4n) is 1.87. The van der Waals surface area contributed by atoms with Gasteiger partial charge in [0.15, 0.2) is 11.5 Å². The van der Waals surface area contributed by atoms with Crippen molar-refractivity contribution in [2.24, 2.45) is 0 Å². The monoisotopic (exact) mass is 262 g/mol. The van der Waals surface area contributed by atoms with Crippen molar-refractivity contribution in [3.63, 3.8) is 0 Å². The lowest BCUT2D eigenvalue weighted by Gasteiger charge is -2.07. The minimum atomic E-state index is -0.545. The summed E-state index contributed by atoms with van der Waals surface area (Å²) in [5.74, 6) is 1.19. The molecule has 0 saturated carbocycles. The van der Waals surface area contributed by atoms with E-state index in [0.717, 1.165) is 0 Å². The van der Waals surface area contributed by atoms with E-state index in [2.05, 4.69) is 10.6 Å². The predicted molar refractivity (Wildman–Crippen MR) is 63.8 cm³/mol. The Balaban J connectivity index is 2.03. The molecule has 1 saturated heterocycles. The fraction of sp³-hybridized carbons (Fsp3) is 0.167. The van der Waals surface area contributed by atoms with Crippen molar-refractivity contribution in [3.05, 3.63) is 23.4 Å².